The van der Waals surface area contributed by atoms with Crippen molar-refractivity contribution in [2.45, 2.75) is 43.3 Å². The summed E-state index contributed by atoms with van der Waals surface area (Å²) in [5, 5.41) is 14.6. The Morgan fingerprint density at radius 3 is 2.75 bits per heavy atom. The van der Waals surface area contributed by atoms with Crippen LogP contribution in [-0.4, -0.2) is 64.1 Å². The van der Waals surface area contributed by atoms with Crippen molar-refractivity contribution in [3.8, 4) is 0 Å². The van der Waals surface area contributed by atoms with Crippen LogP contribution >= 0.6 is 11.8 Å². The molecule has 3 N–H and O–H groups in total. The van der Waals surface area contributed by atoms with Crippen LogP contribution in [0, 0.1) is 0 Å². The molecule has 4 unspecified atom stereocenters. The molecule has 2 rings (SSSR count). The Morgan fingerprint density at radius 2 is 2.15 bits per heavy atom. The third kappa shape index (κ3) is 2.76. The van der Waals surface area contributed by atoms with E-state index in [1.54, 1.807) is 14.0 Å². The molecule has 0 radical (unpaired) electrons. The summed E-state index contributed by atoms with van der Waals surface area (Å²) in [6, 6.07) is -1.78. The largest absolute Gasteiger partial charge is 0.480 e. The summed E-state index contributed by atoms with van der Waals surface area (Å²) >= 11 is 1.50. The van der Waals surface area contributed by atoms with E-state index in [1.807, 2.05) is 0 Å². The maximum atomic E-state index is 12.4. The Balaban J connectivity index is 2.05. The minimum Gasteiger partial charge on any atom is -0.480 e. The van der Waals surface area contributed by atoms with Gasteiger partial charge in [-0.2, -0.15) is 0 Å². The van der Waals surface area contributed by atoms with Crippen LogP contribution in [0.15, 0.2) is 0 Å². The number of rotatable bonds is 4. The van der Waals surface area contributed by atoms with Gasteiger partial charge in [-0.25, -0.2) is 4.79 Å². The highest BCUT2D eigenvalue weighted by molar-refractivity contribution is 8.00. The molecule has 0 aliphatic carbocycles. The molecule has 2 fully saturated rings. The molecule has 0 aromatic carbocycles. The van der Waals surface area contributed by atoms with Gasteiger partial charge in [0.1, 0.15) is 12.1 Å². The van der Waals surface area contributed by atoms with Crippen molar-refractivity contribution in [1.82, 2.24) is 15.5 Å². The molecule has 2 aliphatic heterocycles. The van der Waals surface area contributed by atoms with E-state index in [2.05, 4.69) is 10.6 Å². The molecule has 20 heavy (non-hydrogen) atoms. The molecule has 4 atom stereocenters. The van der Waals surface area contributed by atoms with Crippen molar-refractivity contribution < 1.29 is 19.5 Å². The van der Waals surface area contributed by atoms with Gasteiger partial charge >= 0.3 is 5.97 Å². The van der Waals surface area contributed by atoms with Gasteiger partial charge in [0.25, 0.3) is 0 Å². The SMILES string of the molecule is CNC(C)C(=O)NC1CCC2SCC(C(=O)O)N2C1=O. The smallest absolute Gasteiger partial charge is 0.327 e. The number of carboxylic acids is 1. The molecule has 112 valence electrons. The first-order chi connectivity index (χ1) is 9.45. The summed E-state index contributed by atoms with van der Waals surface area (Å²) in [6.07, 6.45) is 1.26. The number of carbonyl (C=O) groups excluding carboxylic acids is 2. The number of likely N-dealkylation sites (N-methyl/N-ethyl adjacent to an activating group) is 1. The average molecular weight is 301 g/mol. The minimum atomic E-state index is -0.982. The fraction of sp³-hybridized carbons (Fsp3) is 0.750. The zero-order chi connectivity index (χ0) is 14.9. The van der Waals surface area contributed by atoms with Crippen LogP contribution in [0.1, 0.15) is 19.8 Å². The summed E-state index contributed by atoms with van der Waals surface area (Å²) < 4.78 is 0. The van der Waals surface area contributed by atoms with Gasteiger partial charge in [0.05, 0.1) is 11.4 Å². The molecule has 7 nitrogen and oxygen atoms in total. The first-order valence-corrected chi connectivity index (χ1v) is 7.64. The van der Waals surface area contributed by atoms with Crippen molar-refractivity contribution in [2.75, 3.05) is 12.8 Å². The van der Waals surface area contributed by atoms with Crippen molar-refractivity contribution >= 4 is 29.5 Å². The molecule has 2 aliphatic rings. The molecule has 8 heteroatoms. The van der Waals surface area contributed by atoms with Gasteiger partial charge in [-0.05, 0) is 26.8 Å². The fourth-order valence-corrected chi connectivity index (χ4v) is 3.87. The second kappa shape index (κ2) is 6.01. The molecule has 0 saturated carbocycles. The number of piperidine rings is 1. The maximum Gasteiger partial charge on any atom is 0.327 e. The number of thioether (sulfide) groups is 1. The van der Waals surface area contributed by atoms with Crippen molar-refractivity contribution in [3.05, 3.63) is 0 Å². The van der Waals surface area contributed by atoms with Crippen LogP contribution in [0.2, 0.25) is 0 Å². The summed E-state index contributed by atoms with van der Waals surface area (Å²) in [6.45, 7) is 1.71. The lowest BCUT2D eigenvalue weighted by Crippen LogP contribution is -2.59. The lowest BCUT2D eigenvalue weighted by Gasteiger charge is -2.36. The molecule has 0 spiro atoms. The monoisotopic (exact) mass is 301 g/mol. The van der Waals surface area contributed by atoms with E-state index >= 15 is 0 Å². The highest BCUT2D eigenvalue weighted by Crippen LogP contribution is 2.36. The predicted octanol–water partition coefficient (Wildman–Crippen LogP) is -0.772. The van der Waals surface area contributed by atoms with Crippen LogP contribution in [0.3, 0.4) is 0 Å². The van der Waals surface area contributed by atoms with Crippen LogP contribution in [0.4, 0.5) is 0 Å². The molecule has 0 aromatic heterocycles. The van der Waals surface area contributed by atoms with E-state index in [0.717, 1.165) is 0 Å². The Morgan fingerprint density at radius 1 is 1.45 bits per heavy atom. The minimum absolute atomic E-state index is 0.0709. The van der Waals surface area contributed by atoms with E-state index in [9.17, 15) is 14.4 Å². The van der Waals surface area contributed by atoms with Gasteiger partial charge in [-0.15, -0.1) is 11.8 Å². The molecule has 2 saturated heterocycles. The highest BCUT2D eigenvalue weighted by Gasteiger charge is 2.47. The van der Waals surface area contributed by atoms with Gasteiger partial charge in [0.2, 0.25) is 11.8 Å². The second-order valence-electron chi connectivity index (χ2n) is 5.04. The molecule has 2 heterocycles. The summed E-state index contributed by atoms with van der Waals surface area (Å²) in [4.78, 5) is 36.8. The third-order valence-electron chi connectivity index (χ3n) is 3.78. The second-order valence-corrected chi connectivity index (χ2v) is 6.25. The zero-order valence-electron chi connectivity index (χ0n) is 11.5. The van der Waals surface area contributed by atoms with Crippen molar-refractivity contribution in [1.29, 1.82) is 0 Å². The molecule has 0 aromatic rings. The summed E-state index contributed by atoms with van der Waals surface area (Å²) in [5.41, 5.74) is 0. The van der Waals surface area contributed by atoms with Crippen molar-refractivity contribution in [3.63, 3.8) is 0 Å². The Kier molecular flexibility index (Phi) is 4.54. The quantitative estimate of drug-likeness (QED) is 0.630. The van der Waals surface area contributed by atoms with Gasteiger partial charge in [0.15, 0.2) is 0 Å². The average Bonchev–Trinajstić information content (AvgIpc) is 2.85. The van der Waals surface area contributed by atoms with E-state index in [1.165, 1.54) is 16.7 Å². The first kappa shape index (κ1) is 15.1. The summed E-state index contributed by atoms with van der Waals surface area (Å²) in [7, 11) is 1.67. The van der Waals surface area contributed by atoms with Gasteiger partial charge in [-0.1, -0.05) is 0 Å². The van der Waals surface area contributed by atoms with Gasteiger partial charge in [0, 0.05) is 5.75 Å². The molecular formula is C12H19N3O4S. The van der Waals surface area contributed by atoms with E-state index in [-0.39, 0.29) is 23.2 Å². The van der Waals surface area contributed by atoms with Crippen LogP contribution in [-0.2, 0) is 14.4 Å². The zero-order valence-corrected chi connectivity index (χ0v) is 12.3. The normalized spacial score (nSPS) is 30.8. The summed E-state index contributed by atoms with van der Waals surface area (Å²) in [5.74, 6) is -1.10. The maximum absolute atomic E-state index is 12.4. The lowest BCUT2D eigenvalue weighted by atomic mass is 10.0. The topological polar surface area (TPSA) is 98.7 Å². The van der Waals surface area contributed by atoms with E-state index < -0.39 is 18.1 Å². The Labute approximate surface area is 121 Å². The number of nitrogens with zero attached hydrogens (tertiary/aromatic N) is 1. The van der Waals surface area contributed by atoms with Gasteiger partial charge in [-0.3, -0.25) is 9.59 Å². The number of amides is 2. The van der Waals surface area contributed by atoms with E-state index in [4.69, 9.17) is 5.11 Å². The number of hydrogen-bond acceptors (Lipinski definition) is 5. The lowest BCUT2D eigenvalue weighted by molar-refractivity contribution is -0.152. The fourth-order valence-electron chi connectivity index (χ4n) is 2.45. The highest BCUT2D eigenvalue weighted by atomic mass is 32.2. The third-order valence-corrected chi connectivity index (χ3v) is 5.13. The molecule has 2 amide bonds. The number of fused-ring (bicyclic) bond motifs is 1. The number of nitrogens with one attached hydrogen (secondary N) is 2. The number of aliphatic carboxylic acids is 1. The van der Waals surface area contributed by atoms with Crippen molar-refractivity contribution in [2.24, 2.45) is 0 Å². The van der Waals surface area contributed by atoms with Crippen LogP contribution in [0.5, 0.6) is 0 Å². The van der Waals surface area contributed by atoms with Crippen LogP contribution < -0.4 is 10.6 Å². The predicted molar refractivity (Wildman–Crippen MR) is 74.2 cm³/mol. The standard InChI is InChI=1S/C12H19N3O4S/c1-6(13-2)10(16)14-7-3-4-9-15(11(7)17)8(5-20-9)12(18)19/h6-9,13H,3-5H2,1-2H3,(H,14,16)(H,18,19). The first-order valence-electron chi connectivity index (χ1n) is 6.60. The number of carbonyl (C=O) groups is 3. The van der Waals surface area contributed by atoms with E-state index in [0.29, 0.717) is 18.6 Å². The molecular weight excluding hydrogens is 282 g/mol. The molecule has 0 bridgehead atoms. The Bertz CT molecular complexity index is 431. The van der Waals surface area contributed by atoms with Crippen LogP contribution in [0.25, 0.3) is 0 Å². The number of hydrogen-bond donors (Lipinski definition) is 3. The number of carboxylic acid groups (broad SMARTS) is 1. The van der Waals surface area contributed by atoms with Gasteiger partial charge < -0.3 is 20.6 Å². The Hall–Kier alpha value is -1.28.